The van der Waals surface area contributed by atoms with Crippen LogP contribution in [0, 0.1) is 5.82 Å². The van der Waals surface area contributed by atoms with Gasteiger partial charge in [0.15, 0.2) is 18.1 Å². The van der Waals surface area contributed by atoms with E-state index in [1.807, 2.05) is 0 Å². The number of benzene rings is 2. The van der Waals surface area contributed by atoms with E-state index in [1.54, 1.807) is 55.8 Å². The Bertz CT molecular complexity index is 1250. The fourth-order valence-corrected chi connectivity index (χ4v) is 2.83. The van der Waals surface area contributed by atoms with Crippen LogP contribution in [0.15, 0.2) is 73.1 Å². The smallest absolute Gasteiger partial charge is 0.276 e. The average Bonchev–Trinajstić information content (AvgIpc) is 3.43. The largest absolute Gasteiger partial charge is 0.471 e. The van der Waals surface area contributed by atoms with Gasteiger partial charge in [-0.15, -0.1) is 0 Å². The van der Waals surface area contributed by atoms with E-state index in [9.17, 15) is 14.0 Å². The van der Waals surface area contributed by atoms with Crippen LogP contribution in [0.4, 0.5) is 15.8 Å². The van der Waals surface area contributed by atoms with E-state index in [1.165, 1.54) is 33.6 Å². The summed E-state index contributed by atoms with van der Waals surface area (Å²) in [6.45, 7) is 0.0634. The van der Waals surface area contributed by atoms with Gasteiger partial charge in [-0.05, 0) is 54.6 Å². The number of hydrogen-bond donors (Lipinski definition) is 2. The first kappa shape index (κ1) is 20.8. The highest BCUT2D eigenvalue weighted by Gasteiger charge is 2.12. The molecule has 0 radical (unpaired) electrons. The number of anilines is 2. The Hall–Kier alpha value is -4.47. The molecule has 10 heteroatoms. The summed E-state index contributed by atoms with van der Waals surface area (Å²) in [5.74, 6) is -0.638. The van der Waals surface area contributed by atoms with Gasteiger partial charge in [-0.25, -0.2) is 9.07 Å². The van der Waals surface area contributed by atoms with Crippen LogP contribution in [0.5, 0.6) is 5.75 Å². The van der Waals surface area contributed by atoms with E-state index in [0.717, 1.165) is 0 Å². The second kappa shape index (κ2) is 9.13. The van der Waals surface area contributed by atoms with Crippen LogP contribution in [-0.4, -0.2) is 31.4 Å². The summed E-state index contributed by atoms with van der Waals surface area (Å²) in [4.78, 5) is 24.8. The molecule has 0 aliphatic carbocycles. The minimum atomic E-state index is -0.418. The summed E-state index contributed by atoms with van der Waals surface area (Å²) in [5, 5.41) is 13.7. The van der Waals surface area contributed by atoms with Gasteiger partial charge in [0.05, 0.1) is 0 Å². The van der Waals surface area contributed by atoms with E-state index < -0.39 is 5.91 Å². The molecule has 2 amide bonds. The number of nitrogens with zero attached hydrogens (tertiary/aromatic N) is 4. The van der Waals surface area contributed by atoms with Gasteiger partial charge in [0.1, 0.15) is 11.6 Å². The van der Waals surface area contributed by atoms with Crippen molar-refractivity contribution in [2.24, 2.45) is 7.05 Å². The van der Waals surface area contributed by atoms with Crippen LogP contribution >= 0.6 is 0 Å². The third kappa shape index (κ3) is 5.17. The number of aromatic nitrogens is 4. The molecule has 0 unspecified atom stereocenters. The molecule has 0 aliphatic rings. The van der Waals surface area contributed by atoms with E-state index >= 15 is 0 Å². The Morgan fingerprint density at radius 1 is 0.906 bits per heavy atom. The predicted octanol–water partition coefficient (Wildman–Crippen LogP) is 3.30. The van der Waals surface area contributed by atoms with Crippen molar-refractivity contribution < 1.29 is 18.7 Å². The van der Waals surface area contributed by atoms with Crippen LogP contribution in [-0.2, 0) is 13.8 Å². The molecule has 2 heterocycles. The van der Waals surface area contributed by atoms with Crippen molar-refractivity contribution in [3.63, 3.8) is 0 Å². The Morgan fingerprint density at radius 3 is 2.16 bits per heavy atom. The normalized spacial score (nSPS) is 10.6. The number of hydrogen-bond acceptors (Lipinski definition) is 5. The number of carbonyl (C=O) groups is 2. The van der Waals surface area contributed by atoms with Crippen LogP contribution in [0.3, 0.4) is 0 Å². The minimum Gasteiger partial charge on any atom is -0.471 e. The maximum atomic E-state index is 12.9. The Labute approximate surface area is 182 Å². The maximum Gasteiger partial charge on any atom is 0.276 e. The standard InChI is InChI=1S/C22H19FN6O3/c1-28-11-9-19(26-28)21(30)24-16-3-2-4-17(13-16)25-22(31)20-10-12-29(27-20)14-32-18-7-5-15(23)6-8-18/h2-13H,14H2,1H3,(H,24,30)(H,25,31). The molecule has 0 bridgehead atoms. The Balaban J connectivity index is 1.35. The van der Waals surface area contributed by atoms with Crippen molar-refractivity contribution in [1.29, 1.82) is 0 Å². The molecular formula is C22H19FN6O3. The van der Waals surface area contributed by atoms with Crippen LogP contribution in [0.1, 0.15) is 21.0 Å². The highest BCUT2D eigenvalue weighted by Crippen LogP contribution is 2.17. The molecule has 0 saturated heterocycles. The lowest BCUT2D eigenvalue weighted by molar-refractivity contribution is 0.101. The van der Waals surface area contributed by atoms with Crippen LogP contribution in [0.2, 0.25) is 0 Å². The fraction of sp³-hybridized carbons (Fsp3) is 0.0909. The second-order valence-electron chi connectivity index (χ2n) is 6.83. The Kier molecular flexibility index (Phi) is 5.93. The maximum absolute atomic E-state index is 12.9. The summed E-state index contributed by atoms with van der Waals surface area (Å²) in [6.07, 6.45) is 3.28. The molecule has 0 fully saturated rings. The van der Waals surface area contributed by atoms with Gasteiger partial charge in [0.2, 0.25) is 0 Å². The number of halogens is 1. The summed E-state index contributed by atoms with van der Waals surface area (Å²) in [7, 11) is 1.73. The average molecular weight is 434 g/mol. The molecular weight excluding hydrogens is 415 g/mol. The molecule has 32 heavy (non-hydrogen) atoms. The first-order valence-electron chi connectivity index (χ1n) is 9.60. The Morgan fingerprint density at radius 2 is 1.53 bits per heavy atom. The van der Waals surface area contributed by atoms with Gasteiger partial charge in [-0.3, -0.25) is 14.3 Å². The zero-order valence-corrected chi connectivity index (χ0v) is 17.0. The van der Waals surface area contributed by atoms with Gasteiger partial charge < -0.3 is 15.4 Å². The number of aryl methyl sites for hydroxylation is 1. The SMILES string of the molecule is Cn1ccc(C(=O)Nc2cccc(NC(=O)c3ccn(COc4ccc(F)cc4)n3)c2)n1. The van der Waals surface area contributed by atoms with Gasteiger partial charge in [0.25, 0.3) is 11.8 Å². The number of ether oxygens (including phenoxy) is 1. The summed E-state index contributed by atoms with van der Waals surface area (Å²) in [5.41, 5.74) is 1.48. The lowest BCUT2D eigenvalue weighted by atomic mass is 10.2. The van der Waals surface area contributed by atoms with Gasteiger partial charge in [-0.1, -0.05) is 6.07 Å². The third-order valence-electron chi connectivity index (χ3n) is 4.37. The second-order valence-corrected chi connectivity index (χ2v) is 6.83. The van der Waals surface area contributed by atoms with E-state index in [4.69, 9.17) is 4.74 Å². The van der Waals surface area contributed by atoms with Crippen molar-refractivity contribution in [3.05, 3.63) is 90.3 Å². The quantitative estimate of drug-likeness (QED) is 0.465. The summed E-state index contributed by atoms with van der Waals surface area (Å²) < 4.78 is 21.4. The number of nitrogens with one attached hydrogen (secondary N) is 2. The van der Waals surface area contributed by atoms with Gasteiger partial charge >= 0.3 is 0 Å². The zero-order valence-electron chi connectivity index (χ0n) is 17.0. The lowest BCUT2D eigenvalue weighted by Crippen LogP contribution is -2.15. The molecule has 162 valence electrons. The highest BCUT2D eigenvalue weighted by molar-refractivity contribution is 6.05. The van der Waals surface area contributed by atoms with Crippen LogP contribution in [0.25, 0.3) is 0 Å². The van der Waals surface area contributed by atoms with Crippen molar-refractivity contribution >= 4 is 23.2 Å². The molecule has 0 saturated carbocycles. The first-order chi connectivity index (χ1) is 15.5. The summed E-state index contributed by atoms with van der Waals surface area (Å²) in [6, 6.07) is 15.5. The molecule has 0 aliphatic heterocycles. The van der Waals surface area contributed by atoms with Crippen molar-refractivity contribution in [1.82, 2.24) is 19.6 Å². The number of rotatable bonds is 7. The van der Waals surface area contributed by atoms with Crippen LogP contribution < -0.4 is 15.4 Å². The fourth-order valence-electron chi connectivity index (χ4n) is 2.83. The molecule has 9 nitrogen and oxygen atoms in total. The topological polar surface area (TPSA) is 103 Å². The predicted molar refractivity (Wildman–Crippen MR) is 115 cm³/mol. The molecule has 4 rings (SSSR count). The molecule has 0 spiro atoms. The molecule has 4 aromatic rings. The van der Waals surface area contributed by atoms with Gasteiger partial charge in [-0.2, -0.15) is 10.2 Å². The monoisotopic (exact) mass is 434 g/mol. The van der Waals surface area contributed by atoms with E-state index in [0.29, 0.717) is 17.1 Å². The third-order valence-corrected chi connectivity index (χ3v) is 4.37. The van der Waals surface area contributed by atoms with Crippen molar-refractivity contribution in [2.45, 2.75) is 6.73 Å². The molecule has 0 atom stereocenters. The van der Waals surface area contributed by atoms with Gasteiger partial charge in [0, 0.05) is 30.8 Å². The minimum absolute atomic E-state index is 0.0634. The first-order valence-corrected chi connectivity index (χ1v) is 9.60. The molecule has 2 aromatic carbocycles. The lowest BCUT2D eigenvalue weighted by Gasteiger charge is -2.08. The van der Waals surface area contributed by atoms with E-state index in [2.05, 4.69) is 20.8 Å². The molecule has 2 aromatic heterocycles. The molecule has 2 N–H and O–H groups in total. The zero-order chi connectivity index (χ0) is 22.5. The van der Waals surface area contributed by atoms with E-state index in [-0.39, 0.29) is 29.8 Å². The number of carbonyl (C=O) groups excluding carboxylic acids is 2. The van der Waals surface area contributed by atoms with Crippen molar-refractivity contribution in [2.75, 3.05) is 10.6 Å². The highest BCUT2D eigenvalue weighted by atomic mass is 19.1. The summed E-state index contributed by atoms with van der Waals surface area (Å²) >= 11 is 0. The number of amides is 2. The van der Waals surface area contributed by atoms with Crippen molar-refractivity contribution in [3.8, 4) is 5.75 Å².